The van der Waals surface area contributed by atoms with Gasteiger partial charge in [-0.1, -0.05) is 34.9 Å². The molecule has 0 spiro atoms. The highest BCUT2D eigenvalue weighted by Gasteiger charge is 2.31. The number of benzene rings is 2. The Hall–Kier alpha value is -4.00. The van der Waals surface area contributed by atoms with Crippen LogP contribution in [0, 0.1) is 12.3 Å². The monoisotopic (exact) mass is 552 g/mol. The van der Waals surface area contributed by atoms with Crippen molar-refractivity contribution in [1.29, 1.82) is 0 Å². The molecule has 0 unspecified atom stereocenters. The van der Waals surface area contributed by atoms with Crippen molar-refractivity contribution in [2.45, 2.75) is 19.9 Å². The summed E-state index contributed by atoms with van der Waals surface area (Å²) >= 11 is 7.39. The van der Waals surface area contributed by atoms with Crippen molar-refractivity contribution in [3.8, 4) is 29.6 Å². The summed E-state index contributed by atoms with van der Waals surface area (Å²) in [7, 11) is 1.28. The highest BCUT2D eigenvalue weighted by Crippen LogP contribution is 2.35. The number of carbonyl (C=O) groups excluding carboxylic acids is 1. The molecule has 0 bridgehead atoms. The van der Waals surface area contributed by atoms with Gasteiger partial charge in [0.15, 0.2) is 16.3 Å². The van der Waals surface area contributed by atoms with Crippen LogP contribution in [0.3, 0.4) is 0 Å². The number of thiazole rings is 1. The summed E-state index contributed by atoms with van der Waals surface area (Å²) in [5.41, 5.74) is 1.08. The van der Waals surface area contributed by atoms with E-state index in [0.717, 1.165) is 0 Å². The largest absolute Gasteiger partial charge is 0.490 e. The fourth-order valence-electron chi connectivity index (χ4n) is 4.01. The van der Waals surface area contributed by atoms with Crippen LogP contribution in [0.25, 0.3) is 6.08 Å². The SMILES string of the molecule is C#CCOc1ccc(Cl)cc1/C=c1/sc2n(c1=O)[C@@H](c1ccc(OCC)c(OCC)c1)C(C(=O)OC)=CN=2. The Morgan fingerprint density at radius 2 is 1.87 bits per heavy atom. The van der Waals surface area contributed by atoms with E-state index in [1.54, 1.807) is 42.5 Å². The normalized spacial score (nSPS) is 14.6. The number of fused-ring (bicyclic) bond motifs is 1. The Labute approximate surface area is 228 Å². The van der Waals surface area contributed by atoms with Crippen molar-refractivity contribution in [3.63, 3.8) is 0 Å². The number of halogens is 1. The van der Waals surface area contributed by atoms with Gasteiger partial charge in [-0.25, -0.2) is 9.79 Å². The van der Waals surface area contributed by atoms with Gasteiger partial charge in [0.05, 0.1) is 36.5 Å². The van der Waals surface area contributed by atoms with Crippen molar-refractivity contribution in [3.05, 3.63) is 84.0 Å². The van der Waals surface area contributed by atoms with E-state index in [1.165, 1.54) is 29.2 Å². The summed E-state index contributed by atoms with van der Waals surface area (Å²) in [6.45, 7) is 4.67. The summed E-state index contributed by atoms with van der Waals surface area (Å²) in [4.78, 5) is 31.4. The minimum absolute atomic E-state index is 0.0616. The van der Waals surface area contributed by atoms with Gasteiger partial charge in [0.25, 0.3) is 5.56 Å². The first-order valence-corrected chi connectivity index (χ1v) is 13.0. The highest BCUT2D eigenvalue weighted by atomic mass is 35.5. The average molecular weight is 553 g/mol. The number of rotatable bonds is 9. The van der Waals surface area contributed by atoms with Gasteiger partial charge >= 0.3 is 5.97 Å². The number of hydrogen-bond acceptors (Lipinski definition) is 8. The lowest BCUT2D eigenvalue weighted by atomic mass is 9.97. The Balaban J connectivity index is 1.91. The first kappa shape index (κ1) is 27.0. The minimum atomic E-state index is -0.799. The van der Waals surface area contributed by atoms with E-state index < -0.39 is 12.0 Å². The van der Waals surface area contributed by atoms with E-state index in [2.05, 4.69) is 10.9 Å². The average Bonchev–Trinajstić information content (AvgIpc) is 3.23. The summed E-state index contributed by atoms with van der Waals surface area (Å²) in [5, 5.41) is 0.473. The lowest BCUT2D eigenvalue weighted by Gasteiger charge is -2.23. The van der Waals surface area contributed by atoms with Crippen LogP contribution in [0.5, 0.6) is 17.2 Å². The highest BCUT2D eigenvalue weighted by molar-refractivity contribution is 7.07. The second kappa shape index (κ2) is 12.0. The third-order valence-corrected chi connectivity index (χ3v) is 6.81. The van der Waals surface area contributed by atoms with E-state index in [4.69, 9.17) is 37.0 Å². The van der Waals surface area contributed by atoms with Gasteiger partial charge in [0.1, 0.15) is 12.4 Å². The molecule has 3 aromatic rings. The van der Waals surface area contributed by atoms with Gasteiger partial charge in [-0.2, -0.15) is 0 Å². The second-order valence-electron chi connectivity index (χ2n) is 7.92. The van der Waals surface area contributed by atoms with Crippen molar-refractivity contribution in [1.82, 2.24) is 4.57 Å². The van der Waals surface area contributed by atoms with E-state index in [-0.39, 0.29) is 17.7 Å². The van der Waals surface area contributed by atoms with Crippen molar-refractivity contribution < 1.29 is 23.7 Å². The van der Waals surface area contributed by atoms with Crippen LogP contribution in [-0.4, -0.2) is 37.5 Å². The molecule has 2 heterocycles. The van der Waals surface area contributed by atoms with Crippen LogP contribution in [-0.2, 0) is 9.53 Å². The number of carbonyl (C=O) groups is 1. The zero-order valence-corrected chi connectivity index (χ0v) is 22.6. The molecule has 1 aromatic heterocycles. The van der Waals surface area contributed by atoms with E-state index in [0.29, 0.717) is 55.9 Å². The van der Waals surface area contributed by atoms with Crippen molar-refractivity contribution in [2.24, 2.45) is 4.99 Å². The minimum Gasteiger partial charge on any atom is -0.490 e. The molecule has 0 saturated carbocycles. The number of esters is 1. The van der Waals surface area contributed by atoms with Gasteiger partial charge in [-0.05, 0) is 55.8 Å². The topological polar surface area (TPSA) is 88.3 Å². The summed E-state index contributed by atoms with van der Waals surface area (Å²) < 4.78 is 24.0. The van der Waals surface area contributed by atoms with Gasteiger partial charge in [0, 0.05) is 16.8 Å². The van der Waals surface area contributed by atoms with Crippen molar-refractivity contribution in [2.75, 3.05) is 26.9 Å². The standard InChI is InChI=1S/C28H25ClN2O6S/c1-5-12-37-21-11-9-19(29)13-18(21)15-24-26(32)31-25(20(27(33)34-4)16-30-28(31)38-24)17-8-10-22(35-6-2)23(14-17)36-7-3/h1,8-11,13-16,25H,6-7,12H2,2-4H3/b24-15+/t25-/m0/s1. The fraction of sp³-hybridized carbons (Fsp3) is 0.250. The molecule has 1 aliphatic rings. The van der Waals surface area contributed by atoms with Crippen molar-refractivity contribution >= 4 is 35.0 Å². The summed E-state index contributed by atoms with van der Waals surface area (Å²) in [6.07, 6.45) is 8.44. The number of methoxy groups -OCH3 is 1. The molecule has 8 nitrogen and oxygen atoms in total. The Bertz CT molecular complexity index is 1620. The van der Waals surface area contributed by atoms with Gasteiger partial charge in [0.2, 0.25) is 0 Å². The number of nitrogens with zero attached hydrogens (tertiary/aromatic N) is 2. The second-order valence-corrected chi connectivity index (χ2v) is 9.37. The predicted octanol–water partition coefficient (Wildman–Crippen LogP) is 3.48. The maximum atomic E-state index is 13.8. The molecule has 0 N–H and O–H groups in total. The molecular weight excluding hydrogens is 528 g/mol. The van der Waals surface area contributed by atoms with Crippen LogP contribution in [0.4, 0.5) is 0 Å². The van der Waals surface area contributed by atoms with Crippen LogP contribution in [0.1, 0.15) is 31.0 Å². The molecule has 196 valence electrons. The first-order chi connectivity index (χ1) is 18.4. The number of aromatic nitrogens is 1. The Morgan fingerprint density at radius 3 is 2.58 bits per heavy atom. The molecule has 10 heteroatoms. The Kier molecular flexibility index (Phi) is 8.56. The predicted molar refractivity (Wildman–Crippen MR) is 146 cm³/mol. The number of hydrogen-bond donors (Lipinski definition) is 0. The molecule has 0 fully saturated rings. The molecular formula is C28H25ClN2O6S. The maximum absolute atomic E-state index is 13.8. The number of terminal acetylenes is 1. The Morgan fingerprint density at radius 1 is 1.13 bits per heavy atom. The molecule has 1 aliphatic heterocycles. The van der Waals surface area contributed by atoms with E-state index >= 15 is 0 Å². The molecule has 1 atom stereocenters. The summed E-state index contributed by atoms with van der Waals surface area (Å²) in [5.74, 6) is 3.38. The van der Waals surface area contributed by atoms with Crippen LogP contribution < -0.4 is 29.1 Å². The maximum Gasteiger partial charge on any atom is 0.337 e. The number of ether oxygens (including phenoxy) is 4. The summed E-state index contributed by atoms with van der Waals surface area (Å²) in [6, 6.07) is 9.57. The van der Waals surface area contributed by atoms with E-state index in [1.807, 2.05) is 13.8 Å². The molecule has 0 aliphatic carbocycles. The van der Waals surface area contributed by atoms with Gasteiger partial charge in [-0.15, -0.1) is 6.42 Å². The molecule has 0 radical (unpaired) electrons. The third-order valence-electron chi connectivity index (χ3n) is 5.58. The fourth-order valence-corrected chi connectivity index (χ4v) is 5.15. The van der Waals surface area contributed by atoms with E-state index in [9.17, 15) is 9.59 Å². The first-order valence-electron chi connectivity index (χ1n) is 11.8. The van der Waals surface area contributed by atoms with Crippen LogP contribution in [0.2, 0.25) is 5.02 Å². The molecule has 4 rings (SSSR count). The quantitative estimate of drug-likeness (QED) is 0.298. The lowest BCUT2D eigenvalue weighted by molar-refractivity contribution is -0.136. The lowest BCUT2D eigenvalue weighted by Crippen LogP contribution is -2.39. The van der Waals surface area contributed by atoms with Gasteiger partial charge in [-0.3, -0.25) is 9.36 Å². The molecule has 2 aromatic carbocycles. The zero-order valence-electron chi connectivity index (χ0n) is 21.0. The van der Waals surface area contributed by atoms with Crippen LogP contribution >= 0.6 is 22.9 Å². The molecule has 0 saturated heterocycles. The third kappa shape index (κ3) is 5.47. The van der Waals surface area contributed by atoms with Gasteiger partial charge < -0.3 is 18.9 Å². The zero-order chi connectivity index (χ0) is 27.2. The van der Waals surface area contributed by atoms with Crippen LogP contribution in [0.15, 0.2) is 58.0 Å². The smallest absolute Gasteiger partial charge is 0.337 e. The molecule has 0 amide bonds. The molecule has 38 heavy (non-hydrogen) atoms.